The number of thioether (sulfide) groups is 1. The van der Waals surface area contributed by atoms with Crippen LogP contribution in [0.5, 0.6) is 0 Å². The van der Waals surface area contributed by atoms with Crippen molar-refractivity contribution in [2.45, 2.75) is 12.1 Å². The van der Waals surface area contributed by atoms with Gasteiger partial charge in [0, 0.05) is 11.9 Å². The molecular weight excluding hydrogens is 310 g/mol. The molecule has 3 rings (SSSR count). The Labute approximate surface area is 138 Å². The summed E-state index contributed by atoms with van der Waals surface area (Å²) < 4.78 is 1.86. The minimum Gasteiger partial charge on any atom is -0.324 e. The summed E-state index contributed by atoms with van der Waals surface area (Å²) in [4.78, 5) is 15.9. The van der Waals surface area contributed by atoms with E-state index in [1.165, 1.54) is 17.3 Å². The molecule has 0 saturated heterocycles. The van der Waals surface area contributed by atoms with Gasteiger partial charge in [0.25, 0.3) is 0 Å². The molecule has 1 aromatic carbocycles. The Morgan fingerprint density at radius 1 is 1.26 bits per heavy atom. The monoisotopic (exact) mass is 325 g/mol. The van der Waals surface area contributed by atoms with Crippen molar-refractivity contribution in [3.8, 4) is 5.69 Å². The number of rotatable bonds is 5. The van der Waals surface area contributed by atoms with Crippen LogP contribution in [-0.2, 0) is 4.79 Å². The maximum atomic E-state index is 12.0. The molecule has 1 amide bonds. The van der Waals surface area contributed by atoms with E-state index in [1.54, 1.807) is 30.9 Å². The smallest absolute Gasteiger partial charge is 0.234 e. The fourth-order valence-corrected chi connectivity index (χ4v) is 2.70. The Morgan fingerprint density at radius 3 is 2.83 bits per heavy atom. The number of aryl methyl sites for hydroxylation is 1. The zero-order chi connectivity index (χ0) is 16.1. The van der Waals surface area contributed by atoms with E-state index < -0.39 is 0 Å². The van der Waals surface area contributed by atoms with E-state index in [0.29, 0.717) is 10.8 Å². The van der Waals surface area contributed by atoms with Gasteiger partial charge in [-0.2, -0.15) is 0 Å². The highest BCUT2D eigenvalue weighted by Crippen LogP contribution is 2.20. The van der Waals surface area contributed by atoms with Gasteiger partial charge < -0.3 is 5.32 Å². The molecule has 0 aliphatic rings. The van der Waals surface area contributed by atoms with Crippen molar-refractivity contribution in [2.75, 3.05) is 11.1 Å². The first-order chi connectivity index (χ1) is 11.2. The van der Waals surface area contributed by atoms with Gasteiger partial charge in [0.2, 0.25) is 5.91 Å². The predicted octanol–water partition coefficient (Wildman–Crippen LogP) is 2.70. The normalized spacial score (nSPS) is 10.5. The van der Waals surface area contributed by atoms with E-state index in [4.69, 9.17) is 0 Å². The number of anilines is 1. The van der Waals surface area contributed by atoms with Gasteiger partial charge in [-0.05, 0) is 31.2 Å². The van der Waals surface area contributed by atoms with Crippen molar-refractivity contribution < 1.29 is 4.79 Å². The van der Waals surface area contributed by atoms with E-state index in [1.807, 2.05) is 35.8 Å². The average molecular weight is 325 g/mol. The first kappa shape index (κ1) is 15.2. The summed E-state index contributed by atoms with van der Waals surface area (Å²) in [5.41, 5.74) is 2.83. The van der Waals surface area contributed by atoms with Crippen LogP contribution in [0.25, 0.3) is 5.69 Å². The quantitative estimate of drug-likeness (QED) is 0.730. The number of hydrogen-bond acceptors (Lipinski definition) is 5. The van der Waals surface area contributed by atoms with Crippen molar-refractivity contribution in [2.24, 2.45) is 0 Å². The van der Waals surface area contributed by atoms with Crippen LogP contribution in [0.15, 0.2) is 60.3 Å². The zero-order valence-corrected chi connectivity index (χ0v) is 13.3. The van der Waals surface area contributed by atoms with E-state index in [0.717, 1.165) is 5.69 Å². The van der Waals surface area contributed by atoms with Crippen LogP contribution in [-0.4, -0.2) is 31.4 Å². The lowest BCUT2D eigenvalue weighted by Crippen LogP contribution is -2.14. The fourth-order valence-electron chi connectivity index (χ4n) is 1.97. The predicted molar refractivity (Wildman–Crippen MR) is 89.7 cm³/mol. The summed E-state index contributed by atoms with van der Waals surface area (Å²) in [6, 6.07) is 11.6. The van der Waals surface area contributed by atoms with Crippen LogP contribution in [0.2, 0.25) is 0 Å². The second kappa shape index (κ2) is 7.06. The topological polar surface area (TPSA) is 72.7 Å². The molecule has 0 atom stereocenters. The molecule has 0 aliphatic heterocycles. The lowest BCUT2D eigenvalue weighted by atomic mass is 10.2. The largest absolute Gasteiger partial charge is 0.324 e. The highest BCUT2D eigenvalue weighted by Gasteiger charge is 2.10. The number of aromatic nitrogens is 4. The molecule has 0 aliphatic carbocycles. The first-order valence-corrected chi connectivity index (χ1v) is 8.01. The molecule has 2 aromatic heterocycles. The van der Waals surface area contributed by atoms with Gasteiger partial charge in [-0.15, -0.1) is 10.2 Å². The van der Waals surface area contributed by atoms with Crippen molar-refractivity contribution in [1.29, 1.82) is 0 Å². The summed E-state index contributed by atoms with van der Waals surface area (Å²) in [7, 11) is 0. The van der Waals surface area contributed by atoms with Crippen LogP contribution in [0.4, 0.5) is 5.69 Å². The number of benzene rings is 1. The number of hydrogen-bond donors (Lipinski definition) is 1. The van der Waals surface area contributed by atoms with Gasteiger partial charge >= 0.3 is 0 Å². The Morgan fingerprint density at radius 2 is 2.09 bits per heavy atom. The number of amides is 1. The van der Waals surface area contributed by atoms with Crippen LogP contribution in [0, 0.1) is 6.92 Å². The number of carbonyl (C=O) groups is 1. The maximum Gasteiger partial charge on any atom is 0.234 e. The second-order valence-electron chi connectivity index (χ2n) is 4.90. The Balaban J connectivity index is 1.64. The number of nitrogens with one attached hydrogen (secondary N) is 1. The van der Waals surface area contributed by atoms with Gasteiger partial charge in [-0.3, -0.25) is 14.3 Å². The van der Waals surface area contributed by atoms with Gasteiger partial charge in [0.1, 0.15) is 6.33 Å². The zero-order valence-electron chi connectivity index (χ0n) is 12.5. The molecule has 0 radical (unpaired) electrons. The van der Waals surface area contributed by atoms with Crippen molar-refractivity contribution in [3.63, 3.8) is 0 Å². The molecule has 2 heterocycles. The molecule has 23 heavy (non-hydrogen) atoms. The molecular formula is C16H15N5OS. The molecule has 116 valence electrons. The van der Waals surface area contributed by atoms with Gasteiger partial charge in [0.05, 0.1) is 17.6 Å². The highest BCUT2D eigenvalue weighted by molar-refractivity contribution is 7.99. The summed E-state index contributed by atoms with van der Waals surface area (Å²) >= 11 is 1.34. The molecule has 3 aromatic rings. The number of pyridine rings is 1. The molecule has 0 unspecified atom stereocenters. The van der Waals surface area contributed by atoms with Crippen LogP contribution in [0.3, 0.4) is 0 Å². The Kier molecular flexibility index (Phi) is 4.68. The molecule has 0 fully saturated rings. The van der Waals surface area contributed by atoms with E-state index in [2.05, 4.69) is 20.5 Å². The SMILES string of the molecule is Cc1ccc(-n2cnnc2SCC(=O)Nc2cccnc2)cc1. The second-order valence-corrected chi connectivity index (χ2v) is 5.84. The van der Waals surface area contributed by atoms with Crippen molar-refractivity contribution in [3.05, 3.63) is 60.7 Å². The lowest BCUT2D eigenvalue weighted by molar-refractivity contribution is -0.113. The van der Waals surface area contributed by atoms with Crippen LogP contribution < -0.4 is 5.32 Å². The molecule has 6 nitrogen and oxygen atoms in total. The molecule has 1 N–H and O–H groups in total. The first-order valence-electron chi connectivity index (χ1n) is 7.02. The van der Waals surface area contributed by atoms with Crippen molar-refractivity contribution in [1.82, 2.24) is 19.7 Å². The number of carbonyl (C=O) groups excluding carboxylic acids is 1. The third-order valence-electron chi connectivity index (χ3n) is 3.11. The Bertz CT molecular complexity index is 786. The van der Waals surface area contributed by atoms with E-state index in [-0.39, 0.29) is 11.7 Å². The summed E-state index contributed by atoms with van der Waals surface area (Å²) in [5.74, 6) is 0.140. The van der Waals surface area contributed by atoms with Gasteiger partial charge in [-0.1, -0.05) is 29.5 Å². The third-order valence-corrected chi connectivity index (χ3v) is 4.05. The van der Waals surface area contributed by atoms with Gasteiger partial charge in [0.15, 0.2) is 5.16 Å². The Hall–Kier alpha value is -2.67. The fraction of sp³-hybridized carbons (Fsp3) is 0.125. The molecule has 7 heteroatoms. The van der Waals surface area contributed by atoms with E-state index in [9.17, 15) is 4.79 Å². The average Bonchev–Trinajstić information content (AvgIpc) is 3.03. The minimum absolute atomic E-state index is 0.110. The van der Waals surface area contributed by atoms with Crippen LogP contribution >= 0.6 is 11.8 Å². The third kappa shape index (κ3) is 3.95. The highest BCUT2D eigenvalue weighted by atomic mass is 32.2. The van der Waals surface area contributed by atoms with Crippen molar-refractivity contribution >= 4 is 23.4 Å². The van der Waals surface area contributed by atoms with E-state index >= 15 is 0 Å². The minimum atomic E-state index is -0.110. The summed E-state index contributed by atoms with van der Waals surface area (Å²) in [5, 5.41) is 11.5. The summed E-state index contributed by atoms with van der Waals surface area (Å²) in [6.45, 7) is 2.04. The van der Waals surface area contributed by atoms with Crippen LogP contribution in [0.1, 0.15) is 5.56 Å². The maximum absolute atomic E-state index is 12.0. The van der Waals surface area contributed by atoms with Gasteiger partial charge in [-0.25, -0.2) is 0 Å². The lowest BCUT2D eigenvalue weighted by Gasteiger charge is -2.07. The molecule has 0 bridgehead atoms. The standard InChI is InChI=1S/C16H15N5OS/c1-12-4-6-14(7-5-12)21-11-18-20-16(21)23-10-15(22)19-13-3-2-8-17-9-13/h2-9,11H,10H2,1H3,(H,19,22). The molecule has 0 saturated carbocycles. The number of nitrogens with zero attached hydrogens (tertiary/aromatic N) is 4. The summed E-state index contributed by atoms with van der Waals surface area (Å²) in [6.07, 6.45) is 4.91. The molecule has 0 spiro atoms.